The van der Waals surface area contributed by atoms with Gasteiger partial charge in [0.2, 0.25) is 0 Å². The van der Waals surface area contributed by atoms with E-state index in [1.165, 1.54) is 6.26 Å². The minimum atomic E-state index is -2.97. The van der Waals surface area contributed by atoms with Gasteiger partial charge in [0.25, 0.3) is 5.91 Å². The summed E-state index contributed by atoms with van der Waals surface area (Å²) in [7, 11) is -2.97. The van der Waals surface area contributed by atoms with Gasteiger partial charge < -0.3 is 15.3 Å². The molecule has 0 aromatic carbocycles. The van der Waals surface area contributed by atoms with E-state index in [1.54, 1.807) is 6.07 Å². The molecule has 5 fully saturated rings. The molecule has 4 bridgehead atoms. The maximum atomic E-state index is 13.1. The van der Waals surface area contributed by atoms with Gasteiger partial charge in [-0.1, -0.05) is 6.07 Å². The lowest BCUT2D eigenvalue weighted by Crippen LogP contribution is -2.61. The van der Waals surface area contributed by atoms with Crippen LogP contribution < -0.4 is 10.2 Å². The van der Waals surface area contributed by atoms with E-state index in [4.69, 9.17) is 4.98 Å². The van der Waals surface area contributed by atoms with Gasteiger partial charge in [0.1, 0.15) is 21.3 Å². The molecule has 3 atom stereocenters. The molecule has 8 nitrogen and oxygen atoms in total. The lowest BCUT2D eigenvalue weighted by molar-refractivity contribution is -0.136. The van der Waals surface area contributed by atoms with Gasteiger partial charge in [-0.05, 0) is 68.9 Å². The molecule has 3 unspecified atom stereocenters. The SMILES string of the molecule is CC1CN(CCS(C)(=O)=O)CCN1c1cccc(C(=O)NC2C3CC4CC2CC(O)(C4)C3)n1. The summed E-state index contributed by atoms with van der Waals surface area (Å²) in [5.74, 6) is 2.19. The average Bonchev–Trinajstić information content (AvgIpc) is 2.73. The number of rotatable bonds is 6. The third-order valence-corrected chi connectivity index (χ3v) is 9.21. The molecule has 1 aliphatic heterocycles. The molecule has 6 rings (SSSR count). The number of piperazine rings is 1. The molecule has 4 saturated carbocycles. The highest BCUT2D eigenvalue weighted by Gasteiger charge is 2.55. The van der Waals surface area contributed by atoms with E-state index in [9.17, 15) is 18.3 Å². The largest absolute Gasteiger partial charge is 0.390 e. The van der Waals surface area contributed by atoms with Crippen LogP contribution in [0.15, 0.2) is 18.2 Å². The lowest BCUT2D eigenvalue weighted by atomic mass is 9.52. The molecule has 182 valence electrons. The van der Waals surface area contributed by atoms with Crippen molar-refractivity contribution < 1.29 is 18.3 Å². The van der Waals surface area contributed by atoms with E-state index in [2.05, 4.69) is 22.0 Å². The fourth-order valence-electron chi connectivity index (χ4n) is 7.02. The Morgan fingerprint density at radius 1 is 1.21 bits per heavy atom. The van der Waals surface area contributed by atoms with Crippen molar-refractivity contribution in [3.63, 3.8) is 0 Å². The second-order valence-corrected chi connectivity index (χ2v) is 13.3. The fraction of sp³-hybridized carbons (Fsp3) is 0.750. The Bertz CT molecular complexity index is 999. The number of amides is 1. The van der Waals surface area contributed by atoms with Crippen molar-refractivity contribution in [2.45, 2.75) is 56.7 Å². The van der Waals surface area contributed by atoms with Gasteiger partial charge in [-0.25, -0.2) is 13.4 Å². The van der Waals surface area contributed by atoms with Crippen LogP contribution in [-0.2, 0) is 9.84 Å². The minimum absolute atomic E-state index is 0.124. The number of aliphatic hydroxyl groups is 1. The van der Waals surface area contributed by atoms with Gasteiger partial charge in [-0.15, -0.1) is 0 Å². The van der Waals surface area contributed by atoms with Gasteiger partial charge in [0.15, 0.2) is 0 Å². The third-order valence-electron chi connectivity index (χ3n) is 8.29. The van der Waals surface area contributed by atoms with Crippen molar-refractivity contribution in [2.75, 3.05) is 43.1 Å². The molecular weight excluding hydrogens is 440 g/mol. The molecule has 0 spiro atoms. The molecule has 4 aliphatic carbocycles. The summed E-state index contributed by atoms with van der Waals surface area (Å²) in [6, 6.07) is 5.92. The van der Waals surface area contributed by atoms with Crippen molar-refractivity contribution in [1.82, 2.24) is 15.2 Å². The highest BCUT2D eigenvalue weighted by molar-refractivity contribution is 7.90. The van der Waals surface area contributed by atoms with E-state index in [-0.39, 0.29) is 23.7 Å². The zero-order chi connectivity index (χ0) is 23.4. The topological polar surface area (TPSA) is 103 Å². The molecule has 2 heterocycles. The monoisotopic (exact) mass is 476 g/mol. The Labute approximate surface area is 196 Å². The second-order valence-electron chi connectivity index (χ2n) is 11.0. The third kappa shape index (κ3) is 4.91. The number of nitrogens with one attached hydrogen (secondary N) is 1. The molecule has 1 aromatic rings. The van der Waals surface area contributed by atoms with E-state index in [1.807, 2.05) is 12.1 Å². The van der Waals surface area contributed by atoms with Gasteiger partial charge >= 0.3 is 0 Å². The quantitative estimate of drug-likeness (QED) is 0.638. The maximum Gasteiger partial charge on any atom is 0.270 e. The Balaban J connectivity index is 1.22. The highest BCUT2D eigenvalue weighted by atomic mass is 32.2. The van der Waals surface area contributed by atoms with Crippen LogP contribution in [-0.4, -0.2) is 85.2 Å². The standard InChI is InChI=1S/C24H36N4O4S/c1-16-15-27(8-9-33(2,31)32)6-7-28(16)21-5-3-4-20(25-21)23(29)26-22-18-10-17-11-19(22)14-24(30,12-17)13-18/h3-5,16-19,22,30H,6-15H2,1-2H3,(H,26,29). The normalized spacial score (nSPS) is 36.2. The summed E-state index contributed by atoms with van der Waals surface area (Å²) in [5.41, 5.74) is -0.0677. The summed E-state index contributed by atoms with van der Waals surface area (Å²) < 4.78 is 23.0. The zero-order valence-corrected chi connectivity index (χ0v) is 20.4. The number of hydrogen-bond acceptors (Lipinski definition) is 7. The van der Waals surface area contributed by atoms with Gasteiger partial charge in [0.05, 0.1) is 11.4 Å². The predicted molar refractivity (Wildman–Crippen MR) is 127 cm³/mol. The van der Waals surface area contributed by atoms with Crippen molar-refractivity contribution in [3.8, 4) is 0 Å². The van der Waals surface area contributed by atoms with Crippen LogP contribution in [0, 0.1) is 17.8 Å². The summed E-state index contributed by atoms with van der Waals surface area (Å²) in [4.78, 5) is 22.2. The highest BCUT2D eigenvalue weighted by Crippen LogP contribution is 2.55. The van der Waals surface area contributed by atoms with Gasteiger partial charge in [0, 0.05) is 44.5 Å². The summed E-state index contributed by atoms with van der Waals surface area (Å²) in [6.07, 6.45) is 6.04. The Kier molecular flexibility index (Phi) is 5.94. The number of carbonyl (C=O) groups excluding carboxylic acids is 1. The lowest BCUT2D eigenvalue weighted by Gasteiger charge is -2.58. The van der Waals surface area contributed by atoms with Crippen molar-refractivity contribution in [1.29, 1.82) is 0 Å². The number of sulfone groups is 1. The van der Waals surface area contributed by atoms with Gasteiger partial charge in [-0.2, -0.15) is 0 Å². The predicted octanol–water partition coefficient (Wildman–Crippen LogP) is 1.31. The van der Waals surface area contributed by atoms with Crippen LogP contribution >= 0.6 is 0 Å². The Morgan fingerprint density at radius 3 is 2.58 bits per heavy atom. The van der Waals surface area contributed by atoms with Crippen molar-refractivity contribution in [3.05, 3.63) is 23.9 Å². The number of anilines is 1. The van der Waals surface area contributed by atoms with E-state index in [0.717, 1.165) is 57.6 Å². The first-order valence-electron chi connectivity index (χ1n) is 12.3. The van der Waals surface area contributed by atoms with Crippen molar-refractivity contribution >= 4 is 21.6 Å². The first-order valence-corrected chi connectivity index (χ1v) is 14.3. The van der Waals surface area contributed by atoms with Crippen LogP contribution in [0.25, 0.3) is 0 Å². The molecule has 2 N–H and O–H groups in total. The Hall–Kier alpha value is -1.71. The van der Waals surface area contributed by atoms with Crippen LogP contribution in [0.4, 0.5) is 5.82 Å². The molecule has 0 radical (unpaired) electrons. The molecule has 1 aromatic heterocycles. The summed E-state index contributed by atoms with van der Waals surface area (Å²) in [5, 5.41) is 14.1. The zero-order valence-electron chi connectivity index (χ0n) is 19.6. The smallest absolute Gasteiger partial charge is 0.270 e. The van der Waals surface area contributed by atoms with Crippen LogP contribution in [0.2, 0.25) is 0 Å². The van der Waals surface area contributed by atoms with Crippen LogP contribution in [0.1, 0.15) is 49.5 Å². The summed E-state index contributed by atoms with van der Waals surface area (Å²) >= 11 is 0. The van der Waals surface area contributed by atoms with E-state index >= 15 is 0 Å². The van der Waals surface area contributed by atoms with E-state index < -0.39 is 15.4 Å². The van der Waals surface area contributed by atoms with Crippen molar-refractivity contribution in [2.24, 2.45) is 17.8 Å². The molecule has 5 aliphatic rings. The number of pyridine rings is 1. The maximum absolute atomic E-state index is 13.1. The van der Waals surface area contributed by atoms with Crippen LogP contribution in [0.3, 0.4) is 0 Å². The van der Waals surface area contributed by atoms with Crippen LogP contribution in [0.5, 0.6) is 0 Å². The number of hydrogen-bond donors (Lipinski definition) is 2. The van der Waals surface area contributed by atoms with E-state index in [0.29, 0.717) is 30.0 Å². The summed E-state index contributed by atoms with van der Waals surface area (Å²) in [6.45, 7) is 4.94. The first kappa shape index (κ1) is 23.1. The second kappa shape index (κ2) is 8.50. The number of nitrogens with zero attached hydrogens (tertiary/aromatic N) is 3. The first-order chi connectivity index (χ1) is 15.6. The Morgan fingerprint density at radius 2 is 1.94 bits per heavy atom. The molecular formula is C24H36N4O4S. The minimum Gasteiger partial charge on any atom is -0.390 e. The molecule has 1 amide bonds. The molecule has 33 heavy (non-hydrogen) atoms. The molecule has 1 saturated heterocycles. The van der Waals surface area contributed by atoms with Gasteiger partial charge in [-0.3, -0.25) is 9.69 Å². The average molecular weight is 477 g/mol. The fourth-order valence-corrected chi connectivity index (χ4v) is 7.61. The number of carbonyl (C=O) groups is 1. The molecule has 9 heteroatoms. The number of aromatic nitrogens is 1.